The average molecular weight is 1030 g/mol. The van der Waals surface area contributed by atoms with Crippen LogP contribution in [0.15, 0.2) is 76.2 Å². The number of esters is 1. The summed E-state index contributed by atoms with van der Waals surface area (Å²) in [6, 6.07) is 7.71. The molecule has 5 rings (SSSR count). The van der Waals surface area contributed by atoms with Crippen LogP contribution in [0.2, 0.25) is 0 Å². The molecule has 3 aromatic rings. The Balaban J connectivity index is 1.59. The minimum absolute atomic E-state index is 0.0156. The third-order valence-corrected chi connectivity index (χ3v) is 15.1. The number of fused-ring (bicyclic) bond motifs is 2. The van der Waals surface area contributed by atoms with Gasteiger partial charge in [0, 0.05) is 67.1 Å². The molecule has 2 aliphatic rings. The Hall–Kier alpha value is -4.60. The number of ether oxygens (including phenoxy) is 2. The molecule has 0 spiro atoms. The van der Waals surface area contributed by atoms with Crippen molar-refractivity contribution in [1.82, 2.24) is 0 Å². The molecule has 0 fully saturated rings. The number of anilines is 1. The number of allylic oxidation sites excluding steroid dienone is 4. The van der Waals surface area contributed by atoms with E-state index in [1.165, 1.54) is 37.4 Å². The van der Waals surface area contributed by atoms with E-state index in [9.17, 15) is 74.2 Å². The summed E-state index contributed by atoms with van der Waals surface area (Å²) in [4.78, 5) is 13.4. The molecule has 0 aliphatic carbocycles. The molecular formula is C42H49F4N2O15S4+. The Labute approximate surface area is 385 Å². The zero-order valence-electron chi connectivity index (χ0n) is 36.3. The van der Waals surface area contributed by atoms with E-state index in [0.717, 1.165) is 6.07 Å². The van der Waals surface area contributed by atoms with Gasteiger partial charge in [-0.05, 0) is 94.3 Å². The fourth-order valence-corrected chi connectivity index (χ4v) is 10.6. The van der Waals surface area contributed by atoms with E-state index < -0.39 is 114 Å². The van der Waals surface area contributed by atoms with Gasteiger partial charge in [-0.3, -0.25) is 23.0 Å². The topological polar surface area (TPSA) is 259 Å². The first-order valence-corrected chi connectivity index (χ1v) is 26.6. The summed E-state index contributed by atoms with van der Waals surface area (Å²) < 4.78 is 203. The van der Waals surface area contributed by atoms with E-state index >= 15 is 0 Å². The van der Waals surface area contributed by atoms with Crippen LogP contribution in [0.1, 0.15) is 76.3 Å². The number of nitrogens with zero attached hydrogens (tertiary/aromatic N) is 2. The van der Waals surface area contributed by atoms with E-state index in [1.54, 1.807) is 41.6 Å². The number of rotatable bonds is 22. The van der Waals surface area contributed by atoms with Crippen molar-refractivity contribution in [1.29, 1.82) is 0 Å². The highest BCUT2D eigenvalue weighted by Crippen LogP contribution is 2.51. The van der Waals surface area contributed by atoms with Crippen LogP contribution in [0.4, 0.5) is 28.9 Å². The van der Waals surface area contributed by atoms with Crippen LogP contribution in [-0.2, 0) is 60.8 Å². The molecule has 0 bridgehead atoms. The average Bonchev–Trinajstić information content (AvgIpc) is 3.58. The minimum Gasteiger partial charge on any atom is -0.420 e. The summed E-state index contributed by atoms with van der Waals surface area (Å²) in [5, 5.41) is 0. The number of methoxy groups -OCH3 is 1. The van der Waals surface area contributed by atoms with Gasteiger partial charge >= 0.3 is 5.97 Å². The molecular weight excluding hydrogens is 977 g/mol. The summed E-state index contributed by atoms with van der Waals surface area (Å²) in [7, 11) is -16.9. The van der Waals surface area contributed by atoms with E-state index in [2.05, 4.69) is 4.74 Å². The van der Waals surface area contributed by atoms with Crippen LogP contribution in [0.5, 0.6) is 5.75 Å². The van der Waals surface area contributed by atoms with Gasteiger partial charge in [0.05, 0.1) is 33.3 Å². The Morgan fingerprint density at radius 3 is 1.84 bits per heavy atom. The predicted molar refractivity (Wildman–Crippen MR) is 235 cm³/mol. The number of hydrogen-bond donors (Lipinski definition) is 4. The highest BCUT2D eigenvalue weighted by molar-refractivity contribution is 7.86. The molecule has 2 unspecified atom stereocenters. The quantitative estimate of drug-likeness (QED) is 0.0160. The van der Waals surface area contributed by atoms with Crippen molar-refractivity contribution < 1.29 is 88.3 Å². The number of carbonyl (C=O) groups is 1. The van der Waals surface area contributed by atoms with E-state index in [-0.39, 0.29) is 70.7 Å². The van der Waals surface area contributed by atoms with Crippen LogP contribution in [-0.4, -0.2) is 106 Å². The first-order valence-electron chi connectivity index (χ1n) is 20.5. The van der Waals surface area contributed by atoms with Crippen molar-refractivity contribution in [2.24, 2.45) is 0 Å². The molecule has 368 valence electrons. The number of unbranched alkanes of at least 4 members (excludes halogenated alkanes) is 2. The van der Waals surface area contributed by atoms with Crippen LogP contribution < -0.4 is 9.64 Å². The molecule has 0 saturated heterocycles. The smallest absolute Gasteiger partial charge is 0.311 e. The summed E-state index contributed by atoms with van der Waals surface area (Å²) in [6.45, 7) is 3.88. The summed E-state index contributed by atoms with van der Waals surface area (Å²) in [5.74, 6) is -11.4. The van der Waals surface area contributed by atoms with Gasteiger partial charge in [-0.15, -0.1) is 0 Å². The molecule has 0 radical (unpaired) electrons. The standard InChI is InChI=1S/C42H48F4N2O15S4/c1-41(17-8-22-64(50,51)52)29-24-27(66(56,57)58)13-15-33(29)47(19-6-4-5-12-37(49)63-40-38(45)31(43)26-32(44)39(40)46)35(41)10-7-11-36-42(2,18-9-23-65(53,54)55)30-25-28(67(59,60)61)14-16-34(30)48(36)20-21-62-3/h7,10-11,13-16,24-26H,4-6,8-9,12,17-23H2,1-3H3,(H3-,50,51,52,53,54,55,56,57,58,59,60,61)/p+1. The van der Waals surface area contributed by atoms with Gasteiger partial charge in [0.15, 0.2) is 17.3 Å². The number of benzene rings is 3. The van der Waals surface area contributed by atoms with Gasteiger partial charge in [0.2, 0.25) is 23.1 Å². The summed E-state index contributed by atoms with van der Waals surface area (Å²) in [5.41, 5.74) is 0.176. The van der Waals surface area contributed by atoms with Crippen LogP contribution in [0, 0.1) is 23.3 Å². The zero-order chi connectivity index (χ0) is 49.9. The van der Waals surface area contributed by atoms with Crippen LogP contribution in [0.25, 0.3) is 0 Å². The Kier molecular flexibility index (Phi) is 16.4. The van der Waals surface area contributed by atoms with Crippen molar-refractivity contribution in [3.63, 3.8) is 0 Å². The molecule has 67 heavy (non-hydrogen) atoms. The summed E-state index contributed by atoms with van der Waals surface area (Å²) in [6.07, 6.45) is 4.83. The van der Waals surface area contributed by atoms with Crippen molar-refractivity contribution >= 4 is 63.5 Å². The molecule has 0 saturated carbocycles. The van der Waals surface area contributed by atoms with Crippen molar-refractivity contribution in [3.05, 3.63) is 101 Å². The fourth-order valence-electron chi connectivity index (χ4n) is 8.54. The van der Waals surface area contributed by atoms with Crippen molar-refractivity contribution in [2.45, 2.75) is 85.8 Å². The largest absolute Gasteiger partial charge is 0.420 e. The highest BCUT2D eigenvalue weighted by Gasteiger charge is 2.48. The minimum atomic E-state index is -4.78. The molecule has 2 aliphatic heterocycles. The maximum Gasteiger partial charge on any atom is 0.311 e. The van der Waals surface area contributed by atoms with Gasteiger partial charge in [-0.2, -0.15) is 47.0 Å². The van der Waals surface area contributed by atoms with E-state index in [0.29, 0.717) is 33.9 Å². The molecule has 0 aromatic heterocycles. The van der Waals surface area contributed by atoms with Gasteiger partial charge in [-0.1, -0.05) is 6.08 Å². The second-order valence-electron chi connectivity index (χ2n) is 16.4. The second-order valence-corrected chi connectivity index (χ2v) is 22.4. The Morgan fingerprint density at radius 2 is 1.28 bits per heavy atom. The van der Waals surface area contributed by atoms with E-state index in [4.69, 9.17) is 4.74 Å². The normalized spacial score (nSPS) is 19.4. The molecule has 17 nitrogen and oxygen atoms in total. The first-order chi connectivity index (χ1) is 31.0. The summed E-state index contributed by atoms with van der Waals surface area (Å²) >= 11 is 0. The number of hydrogen-bond acceptors (Lipinski definition) is 12. The van der Waals surface area contributed by atoms with Crippen LogP contribution >= 0.6 is 0 Å². The number of halogens is 4. The SMILES string of the molecule is COCCN1/C(=C/C=C/C2=[N+](CCCCCC(=O)Oc3c(F)c(F)cc(F)c3F)c3ccc(S(=O)(=O)O)cc3C2(C)CCCS(=O)(=O)O)C(C)(CCCS(=O)(=O)O)c2cc(S(=O)(=O)O)ccc21. The maximum absolute atomic E-state index is 14.1. The highest BCUT2D eigenvalue weighted by atomic mass is 32.2. The molecule has 0 amide bonds. The van der Waals surface area contributed by atoms with Crippen molar-refractivity contribution in [3.8, 4) is 5.75 Å². The predicted octanol–water partition coefficient (Wildman–Crippen LogP) is 6.46. The zero-order valence-corrected chi connectivity index (χ0v) is 39.6. The lowest BCUT2D eigenvalue weighted by Gasteiger charge is -2.30. The maximum atomic E-state index is 14.1. The Bertz CT molecular complexity index is 2960. The first kappa shape index (κ1) is 53.4. The lowest BCUT2D eigenvalue weighted by Crippen LogP contribution is -2.32. The van der Waals surface area contributed by atoms with E-state index in [1.807, 2.05) is 0 Å². The van der Waals surface area contributed by atoms with Gasteiger partial charge in [0.25, 0.3) is 40.5 Å². The second kappa shape index (κ2) is 20.6. The fraction of sp³-hybridized carbons (Fsp3) is 0.429. The number of carbonyl (C=O) groups excluding carboxylic acids is 1. The third-order valence-electron chi connectivity index (χ3n) is 11.7. The van der Waals surface area contributed by atoms with Gasteiger partial charge in [0.1, 0.15) is 6.54 Å². The van der Waals surface area contributed by atoms with Gasteiger partial charge in [-0.25, -0.2) is 8.78 Å². The third kappa shape index (κ3) is 12.5. The molecule has 25 heteroatoms. The Morgan fingerprint density at radius 1 is 0.731 bits per heavy atom. The van der Waals surface area contributed by atoms with Crippen molar-refractivity contribution in [2.75, 3.05) is 43.2 Å². The molecule has 3 aromatic carbocycles. The van der Waals surface area contributed by atoms with Crippen LogP contribution in [0.3, 0.4) is 0 Å². The monoisotopic (exact) mass is 1030 g/mol. The van der Waals surface area contributed by atoms with Gasteiger partial charge < -0.3 is 14.4 Å². The molecule has 4 N–H and O–H groups in total. The molecule has 2 heterocycles. The lowest BCUT2D eigenvalue weighted by atomic mass is 9.75. The lowest BCUT2D eigenvalue weighted by molar-refractivity contribution is -0.438. The molecule has 2 atom stereocenters.